The minimum Gasteiger partial charge on any atom is -0.481 e. The summed E-state index contributed by atoms with van der Waals surface area (Å²) in [5.41, 5.74) is 5.72. The molecule has 23 heavy (non-hydrogen) atoms. The highest BCUT2D eigenvalue weighted by Gasteiger charge is 2.36. The molecule has 1 saturated carbocycles. The van der Waals surface area contributed by atoms with E-state index in [4.69, 9.17) is 15.6 Å². The molecule has 0 heterocycles. The van der Waals surface area contributed by atoms with Crippen molar-refractivity contribution in [2.75, 3.05) is 12.9 Å². The number of carbonyl (C=O) groups is 3. The van der Waals surface area contributed by atoms with Gasteiger partial charge in [-0.05, 0) is 18.3 Å². The molecule has 0 aromatic rings. The Balaban J connectivity index is 2.61. The van der Waals surface area contributed by atoms with Gasteiger partial charge in [0.2, 0.25) is 5.91 Å². The van der Waals surface area contributed by atoms with Crippen molar-refractivity contribution in [2.24, 2.45) is 11.1 Å². The van der Waals surface area contributed by atoms with E-state index in [1.54, 1.807) is 11.8 Å². The van der Waals surface area contributed by atoms with Gasteiger partial charge in [0.1, 0.15) is 6.04 Å². The van der Waals surface area contributed by atoms with Crippen LogP contribution < -0.4 is 11.1 Å². The Kier molecular flexibility index (Phi) is 7.34. The van der Waals surface area contributed by atoms with Crippen molar-refractivity contribution < 1.29 is 24.2 Å². The van der Waals surface area contributed by atoms with Crippen LogP contribution in [0.4, 0.5) is 0 Å². The molecule has 0 aromatic carbocycles. The molecular weight excluding hydrogens is 320 g/mol. The van der Waals surface area contributed by atoms with Crippen molar-refractivity contribution in [1.82, 2.24) is 5.32 Å². The molecule has 8 heteroatoms. The summed E-state index contributed by atoms with van der Waals surface area (Å²) < 4.78 is 4.72. The fourth-order valence-electron chi connectivity index (χ4n) is 2.69. The first-order chi connectivity index (χ1) is 10.7. The molecule has 7 nitrogen and oxygen atoms in total. The van der Waals surface area contributed by atoms with Crippen LogP contribution in [-0.2, 0) is 19.1 Å². The molecule has 0 saturated heterocycles. The van der Waals surface area contributed by atoms with E-state index >= 15 is 0 Å². The number of carbonyl (C=O) groups excluding carboxylic acids is 2. The Morgan fingerprint density at radius 1 is 1.43 bits per heavy atom. The predicted molar refractivity (Wildman–Crippen MR) is 88.1 cm³/mol. The zero-order valence-electron chi connectivity index (χ0n) is 13.8. The zero-order chi connectivity index (χ0) is 17.6. The summed E-state index contributed by atoms with van der Waals surface area (Å²) in [5, 5.41) is 11.6. The van der Waals surface area contributed by atoms with Gasteiger partial charge < -0.3 is 20.9 Å². The predicted octanol–water partition coefficient (Wildman–Crippen LogP) is 0.758. The van der Waals surface area contributed by atoms with Gasteiger partial charge >= 0.3 is 11.9 Å². The second kappa shape index (κ2) is 8.54. The van der Waals surface area contributed by atoms with E-state index in [0.29, 0.717) is 11.0 Å². The quantitative estimate of drug-likeness (QED) is 0.555. The van der Waals surface area contributed by atoms with Gasteiger partial charge in [-0.1, -0.05) is 20.3 Å². The van der Waals surface area contributed by atoms with E-state index in [1.807, 2.05) is 0 Å². The van der Waals surface area contributed by atoms with Gasteiger partial charge in [-0.25, -0.2) is 4.79 Å². The molecule has 1 unspecified atom stereocenters. The smallest absolute Gasteiger partial charge is 0.329 e. The molecule has 1 aliphatic carbocycles. The van der Waals surface area contributed by atoms with Crippen molar-refractivity contribution in [3.8, 4) is 0 Å². The van der Waals surface area contributed by atoms with Gasteiger partial charge in [-0.3, -0.25) is 9.59 Å². The summed E-state index contributed by atoms with van der Waals surface area (Å²) in [6, 6.07) is -2.01. The van der Waals surface area contributed by atoms with Crippen LogP contribution in [0.5, 0.6) is 0 Å². The summed E-state index contributed by atoms with van der Waals surface area (Å²) in [4.78, 5) is 34.4. The standard InChI is InChI=1S/C15H26N2O5S/c1-15(2)6-4-5-11(15)23-8-10(14(21)22-3)17-13(20)9(16)7-12(18)19/h9-11H,4-8,16H2,1-3H3,(H,17,20)(H,18,19)/t9-,10-,11?/m0/s1. The molecule has 0 radical (unpaired) electrons. The molecular formula is C15H26N2O5S. The lowest BCUT2D eigenvalue weighted by atomic mass is 9.92. The van der Waals surface area contributed by atoms with Gasteiger partial charge in [0.25, 0.3) is 0 Å². The normalized spacial score (nSPS) is 22.2. The Hall–Kier alpha value is -1.28. The van der Waals surface area contributed by atoms with Gasteiger partial charge in [0, 0.05) is 11.0 Å². The fourth-order valence-corrected chi connectivity index (χ4v) is 4.23. The summed E-state index contributed by atoms with van der Waals surface area (Å²) in [7, 11) is 1.25. The number of carboxylic acid groups (broad SMARTS) is 1. The number of amides is 1. The number of carboxylic acids is 1. The Bertz CT molecular complexity index is 455. The van der Waals surface area contributed by atoms with Gasteiger partial charge in [-0.15, -0.1) is 0 Å². The summed E-state index contributed by atoms with van der Waals surface area (Å²) in [6.45, 7) is 4.40. The Morgan fingerprint density at radius 3 is 2.57 bits per heavy atom. The number of hydrogen-bond acceptors (Lipinski definition) is 6. The van der Waals surface area contributed by atoms with Crippen molar-refractivity contribution in [1.29, 1.82) is 0 Å². The SMILES string of the molecule is COC(=O)[C@H](CSC1CCCC1(C)C)NC(=O)[C@@H](N)CC(=O)O. The monoisotopic (exact) mass is 346 g/mol. The van der Waals surface area contributed by atoms with E-state index in [-0.39, 0.29) is 5.41 Å². The first kappa shape index (κ1) is 19.8. The van der Waals surface area contributed by atoms with Crippen molar-refractivity contribution in [2.45, 2.75) is 56.9 Å². The molecule has 0 spiro atoms. The number of methoxy groups -OCH3 is 1. The maximum Gasteiger partial charge on any atom is 0.329 e. The number of ether oxygens (including phenoxy) is 1. The maximum absolute atomic E-state index is 11.9. The van der Waals surface area contributed by atoms with Crippen molar-refractivity contribution >= 4 is 29.6 Å². The highest BCUT2D eigenvalue weighted by Crippen LogP contribution is 2.44. The van der Waals surface area contributed by atoms with E-state index in [1.165, 1.54) is 7.11 Å². The van der Waals surface area contributed by atoms with Crippen molar-refractivity contribution in [3.05, 3.63) is 0 Å². The number of aliphatic carboxylic acids is 1. The number of hydrogen-bond donors (Lipinski definition) is 3. The summed E-state index contributed by atoms with van der Waals surface area (Å²) in [5.74, 6) is -1.99. The zero-order valence-corrected chi connectivity index (χ0v) is 14.6. The van der Waals surface area contributed by atoms with Crippen LogP contribution in [-0.4, -0.2) is 53.1 Å². The van der Waals surface area contributed by atoms with E-state index < -0.39 is 36.4 Å². The second-order valence-electron chi connectivity index (χ2n) is 6.49. The third kappa shape index (κ3) is 6.02. The van der Waals surface area contributed by atoms with Gasteiger partial charge in [0.05, 0.1) is 19.6 Å². The first-order valence-electron chi connectivity index (χ1n) is 7.64. The highest BCUT2D eigenvalue weighted by atomic mass is 32.2. The number of nitrogens with one attached hydrogen (secondary N) is 1. The van der Waals surface area contributed by atoms with E-state index in [0.717, 1.165) is 19.3 Å². The van der Waals surface area contributed by atoms with Crippen LogP contribution in [0.25, 0.3) is 0 Å². The van der Waals surface area contributed by atoms with Crippen molar-refractivity contribution in [3.63, 3.8) is 0 Å². The van der Waals surface area contributed by atoms with Crippen LogP contribution in [0.1, 0.15) is 39.5 Å². The van der Waals surface area contributed by atoms with E-state index in [9.17, 15) is 14.4 Å². The van der Waals surface area contributed by atoms with Crippen LogP contribution in [0.2, 0.25) is 0 Å². The third-order valence-corrected chi connectivity index (χ3v) is 5.96. The minimum atomic E-state index is -1.19. The highest BCUT2D eigenvalue weighted by molar-refractivity contribution is 8.00. The third-order valence-electron chi connectivity index (χ3n) is 4.16. The van der Waals surface area contributed by atoms with Crippen LogP contribution in [0, 0.1) is 5.41 Å². The molecule has 0 aliphatic heterocycles. The molecule has 1 rings (SSSR count). The van der Waals surface area contributed by atoms with Gasteiger partial charge in [0.15, 0.2) is 0 Å². The molecule has 132 valence electrons. The number of esters is 1. The number of thioether (sulfide) groups is 1. The maximum atomic E-state index is 11.9. The lowest BCUT2D eigenvalue weighted by molar-refractivity contribution is -0.144. The van der Waals surface area contributed by atoms with Crippen LogP contribution >= 0.6 is 11.8 Å². The largest absolute Gasteiger partial charge is 0.481 e. The Labute approximate surface area is 140 Å². The van der Waals surface area contributed by atoms with E-state index in [2.05, 4.69) is 19.2 Å². The van der Waals surface area contributed by atoms with Crippen LogP contribution in [0.15, 0.2) is 0 Å². The number of nitrogens with two attached hydrogens (primary N) is 1. The molecule has 0 aromatic heterocycles. The summed E-state index contributed by atoms with van der Waals surface area (Å²) >= 11 is 1.64. The summed E-state index contributed by atoms with van der Waals surface area (Å²) in [6.07, 6.45) is 2.90. The average Bonchev–Trinajstić information content (AvgIpc) is 2.80. The fraction of sp³-hybridized carbons (Fsp3) is 0.800. The molecule has 0 bridgehead atoms. The Morgan fingerprint density at radius 2 is 2.09 bits per heavy atom. The molecule has 4 N–H and O–H groups in total. The molecule has 1 aliphatic rings. The van der Waals surface area contributed by atoms with Gasteiger partial charge in [-0.2, -0.15) is 11.8 Å². The molecule has 1 amide bonds. The first-order valence-corrected chi connectivity index (χ1v) is 8.69. The minimum absolute atomic E-state index is 0.203. The number of rotatable bonds is 8. The molecule has 3 atom stereocenters. The second-order valence-corrected chi connectivity index (χ2v) is 7.73. The average molecular weight is 346 g/mol. The topological polar surface area (TPSA) is 119 Å². The lowest BCUT2D eigenvalue weighted by Crippen LogP contribution is -2.50. The molecule has 1 fully saturated rings. The lowest BCUT2D eigenvalue weighted by Gasteiger charge is -2.28. The van der Waals surface area contributed by atoms with Crippen LogP contribution in [0.3, 0.4) is 0 Å².